The van der Waals surface area contributed by atoms with Crippen molar-refractivity contribution in [2.24, 2.45) is 0 Å². The standard InChI is InChI=1S/C33H32Cl2FN3O4S/c1-2-20-37-33(41)30(21-24-12-5-3-6-13-24)38(22-25-14-9-10-18-28(25)36)31(40)23-39(29-19-11-17-27(34)32(29)35)44(42,43)26-15-7-4-8-16-26/h3-19,30H,2,20-23H2,1H3,(H,37,41)/t30-/m0/s1. The number of hydrogen-bond acceptors (Lipinski definition) is 4. The molecule has 0 saturated heterocycles. The van der Waals surface area contributed by atoms with E-state index in [0.717, 1.165) is 9.87 Å². The van der Waals surface area contributed by atoms with E-state index in [-0.39, 0.29) is 39.2 Å². The van der Waals surface area contributed by atoms with Gasteiger partial charge in [0.25, 0.3) is 10.0 Å². The molecule has 7 nitrogen and oxygen atoms in total. The monoisotopic (exact) mass is 655 g/mol. The second-order valence-corrected chi connectivity index (χ2v) is 12.7. The normalized spacial score (nSPS) is 11.9. The lowest BCUT2D eigenvalue weighted by molar-refractivity contribution is -0.140. The maximum atomic E-state index is 15.0. The number of sulfonamides is 1. The lowest BCUT2D eigenvalue weighted by Gasteiger charge is -2.34. The molecular weight excluding hydrogens is 624 g/mol. The van der Waals surface area contributed by atoms with Crippen LogP contribution in [0.4, 0.5) is 10.1 Å². The molecule has 1 atom stereocenters. The fourth-order valence-electron chi connectivity index (χ4n) is 4.65. The zero-order chi connectivity index (χ0) is 31.7. The SMILES string of the molecule is CCCNC(=O)[C@H](Cc1ccccc1)N(Cc1ccccc1F)C(=O)CN(c1cccc(Cl)c1Cl)S(=O)(=O)c1ccccc1. The largest absolute Gasteiger partial charge is 0.354 e. The first kappa shape index (κ1) is 33.0. The fourth-order valence-corrected chi connectivity index (χ4v) is 6.54. The maximum Gasteiger partial charge on any atom is 0.264 e. The first-order valence-electron chi connectivity index (χ1n) is 14.0. The van der Waals surface area contributed by atoms with Gasteiger partial charge in [-0.1, -0.05) is 103 Å². The van der Waals surface area contributed by atoms with Gasteiger partial charge in [-0.15, -0.1) is 0 Å². The highest BCUT2D eigenvalue weighted by atomic mass is 35.5. The number of halogens is 3. The molecule has 11 heteroatoms. The van der Waals surface area contributed by atoms with Crippen LogP contribution >= 0.6 is 23.2 Å². The van der Waals surface area contributed by atoms with E-state index in [9.17, 15) is 22.4 Å². The third-order valence-corrected chi connectivity index (χ3v) is 9.51. The Morgan fingerprint density at radius 1 is 0.864 bits per heavy atom. The van der Waals surface area contributed by atoms with Crippen LogP contribution < -0.4 is 9.62 Å². The van der Waals surface area contributed by atoms with Crippen molar-refractivity contribution in [2.45, 2.75) is 37.2 Å². The van der Waals surface area contributed by atoms with Crippen molar-refractivity contribution in [3.05, 3.63) is 130 Å². The molecule has 0 aliphatic carbocycles. The Morgan fingerprint density at radius 3 is 2.16 bits per heavy atom. The molecule has 0 aliphatic rings. The van der Waals surface area contributed by atoms with E-state index in [1.54, 1.807) is 24.3 Å². The van der Waals surface area contributed by atoms with E-state index < -0.39 is 40.2 Å². The van der Waals surface area contributed by atoms with Crippen LogP contribution in [0, 0.1) is 5.82 Å². The molecule has 0 aliphatic heterocycles. The molecule has 44 heavy (non-hydrogen) atoms. The maximum absolute atomic E-state index is 15.0. The third kappa shape index (κ3) is 7.96. The van der Waals surface area contributed by atoms with Crippen molar-refractivity contribution in [2.75, 3.05) is 17.4 Å². The van der Waals surface area contributed by atoms with Crippen LogP contribution in [-0.2, 0) is 32.6 Å². The lowest BCUT2D eigenvalue weighted by Crippen LogP contribution is -2.53. The zero-order valence-electron chi connectivity index (χ0n) is 24.0. The summed E-state index contributed by atoms with van der Waals surface area (Å²) in [6.07, 6.45) is 0.765. The summed E-state index contributed by atoms with van der Waals surface area (Å²) in [7, 11) is -4.35. The van der Waals surface area contributed by atoms with E-state index in [4.69, 9.17) is 23.2 Å². The number of amides is 2. The highest BCUT2D eigenvalue weighted by Gasteiger charge is 2.35. The molecular formula is C33H32Cl2FN3O4S. The van der Waals surface area contributed by atoms with E-state index >= 15 is 0 Å². The van der Waals surface area contributed by atoms with Gasteiger partial charge in [-0.2, -0.15) is 0 Å². The molecule has 0 bridgehead atoms. The molecule has 0 heterocycles. The van der Waals surface area contributed by atoms with Crippen LogP contribution in [0.1, 0.15) is 24.5 Å². The number of rotatable bonds is 13. The smallest absolute Gasteiger partial charge is 0.264 e. The number of nitrogens with zero attached hydrogens (tertiary/aromatic N) is 2. The molecule has 0 fully saturated rings. The molecule has 0 saturated carbocycles. The number of nitrogens with one attached hydrogen (secondary N) is 1. The van der Waals surface area contributed by atoms with E-state index in [1.807, 2.05) is 37.3 Å². The second-order valence-electron chi connectivity index (χ2n) is 10.0. The van der Waals surface area contributed by atoms with E-state index in [0.29, 0.717) is 13.0 Å². The minimum atomic E-state index is -4.35. The Kier molecular flexibility index (Phi) is 11.4. The molecule has 4 aromatic rings. The predicted octanol–water partition coefficient (Wildman–Crippen LogP) is 6.49. The van der Waals surface area contributed by atoms with Gasteiger partial charge in [0.1, 0.15) is 18.4 Å². The Labute approximate surface area is 267 Å². The van der Waals surface area contributed by atoms with Gasteiger partial charge < -0.3 is 10.2 Å². The van der Waals surface area contributed by atoms with Crippen LogP contribution in [-0.4, -0.2) is 44.3 Å². The molecule has 0 aromatic heterocycles. The summed E-state index contributed by atoms with van der Waals surface area (Å²) < 4.78 is 43.9. The number of hydrogen-bond donors (Lipinski definition) is 1. The Balaban J connectivity index is 1.83. The molecule has 0 radical (unpaired) electrons. The number of carbonyl (C=O) groups is 2. The topological polar surface area (TPSA) is 86.8 Å². The van der Waals surface area contributed by atoms with Crippen molar-refractivity contribution < 1.29 is 22.4 Å². The second kappa shape index (κ2) is 15.2. The molecule has 230 valence electrons. The van der Waals surface area contributed by atoms with E-state index in [2.05, 4.69) is 5.32 Å². The van der Waals surface area contributed by atoms with Crippen LogP contribution in [0.3, 0.4) is 0 Å². The minimum Gasteiger partial charge on any atom is -0.354 e. The van der Waals surface area contributed by atoms with Gasteiger partial charge in [0.2, 0.25) is 11.8 Å². The van der Waals surface area contributed by atoms with E-state index in [1.165, 1.54) is 53.4 Å². The summed E-state index contributed by atoms with van der Waals surface area (Å²) in [5.41, 5.74) is 0.917. The first-order valence-corrected chi connectivity index (χ1v) is 16.2. The van der Waals surface area contributed by atoms with Gasteiger partial charge in [0.05, 0.1) is 20.6 Å². The predicted molar refractivity (Wildman–Crippen MR) is 172 cm³/mol. The van der Waals surface area contributed by atoms with Crippen LogP contribution in [0.15, 0.2) is 108 Å². The summed E-state index contributed by atoms with van der Waals surface area (Å²) in [6.45, 7) is 1.23. The van der Waals surface area contributed by atoms with Crippen LogP contribution in [0.2, 0.25) is 10.0 Å². The molecule has 2 amide bonds. The Hall–Kier alpha value is -3.92. The van der Waals surface area contributed by atoms with Crippen LogP contribution in [0.25, 0.3) is 0 Å². The molecule has 0 unspecified atom stereocenters. The van der Waals surface area contributed by atoms with Gasteiger partial charge in [-0.25, -0.2) is 12.8 Å². The van der Waals surface area contributed by atoms with Crippen LogP contribution in [0.5, 0.6) is 0 Å². The van der Waals surface area contributed by atoms with Crippen molar-refractivity contribution >= 4 is 50.7 Å². The quantitative estimate of drug-likeness (QED) is 0.178. The van der Waals surface area contributed by atoms with Crippen molar-refractivity contribution in [1.29, 1.82) is 0 Å². The van der Waals surface area contributed by atoms with Gasteiger partial charge in [-0.3, -0.25) is 13.9 Å². The number of anilines is 1. The molecule has 0 spiro atoms. The highest BCUT2D eigenvalue weighted by molar-refractivity contribution is 7.92. The van der Waals surface area contributed by atoms with Crippen molar-refractivity contribution in [1.82, 2.24) is 10.2 Å². The van der Waals surface area contributed by atoms with Gasteiger partial charge >= 0.3 is 0 Å². The van der Waals surface area contributed by atoms with Crippen molar-refractivity contribution in [3.8, 4) is 0 Å². The zero-order valence-corrected chi connectivity index (χ0v) is 26.3. The Bertz CT molecular complexity index is 1690. The molecule has 4 aromatic carbocycles. The average Bonchev–Trinajstić information content (AvgIpc) is 3.03. The highest BCUT2D eigenvalue weighted by Crippen LogP contribution is 2.35. The molecule has 4 rings (SSSR count). The summed E-state index contributed by atoms with van der Waals surface area (Å²) in [6, 6.07) is 26.0. The fraction of sp³-hybridized carbons (Fsp3) is 0.212. The minimum absolute atomic E-state index is 0.0164. The number of carbonyl (C=O) groups excluding carboxylic acids is 2. The van der Waals surface area contributed by atoms with Crippen molar-refractivity contribution in [3.63, 3.8) is 0 Å². The third-order valence-electron chi connectivity index (χ3n) is 6.93. The first-order chi connectivity index (χ1) is 21.1. The summed E-state index contributed by atoms with van der Waals surface area (Å²) in [5, 5.41) is 2.87. The Morgan fingerprint density at radius 2 is 1.50 bits per heavy atom. The lowest BCUT2D eigenvalue weighted by atomic mass is 10.0. The summed E-state index contributed by atoms with van der Waals surface area (Å²) >= 11 is 12.8. The summed E-state index contributed by atoms with van der Waals surface area (Å²) in [5.74, 6) is -1.75. The van der Waals surface area contributed by atoms with Gasteiger partial charge in [0, 0.05) is 25.1 Å². The number of benzene rings is 4. The average molecular weight is 657 g/mol. The van der Waals surface area contributed by atoms with Gasteiger partial charge in [0.15, 0.2) is 0 Å². The molecule has 1 N–H and O–H groups in total. The summed E-state index contributed by atoms with van der Waals surface area (Å²) in [4.78, 5) is 29.1. The van der Waals surface area contributed by atoms with Gasteiger partial charge in [-0.05, 0) is 42.3 Å².